The van der Waals surface area contributed by atoms with Gasteiger partial charge >= 0.3 is 6.09 Å². The molecule has 27 heavy (non-hydrogen) atoms. The molecule has 1 heterocycles. The lowest BCUT2D eigenvalue weighted by Gasteiger charge is -2.38. The van der Waals surface area contributed by atoms with Crippen LogP contribution in [0.25, 0.3) is 0 Å². The number of benzene rings is 1. The fourth-order valence-corrected chi connectivity index (χ4v) is 4.32. The molecule has 1 amide bonds. The molecular formula is C19H28N2O5S. The number of carbonyl (C=O) groups excluding carboxylic acids is 2. The van der Waals surface area contributed by atoms with Crippen molar-refractivity contribution >= 4 is 21.9 Å². The van der Waals surface area contributed by atoms with Gasteiger partial charge < -0.3 is 10.1 Å². The first kappa shape index (κ1) is 21.4. The van der Waals surface area contributed by atoms with Gasteiger partial charge in [-0.2, -0.15) is 0 Å². The maximum absolute atomic E-state index is 13.2. The minimum Gasteiger partial charge on any atom is -0.449 e. The van der Waals surface area contributed by atoms with Gasteiger partial charge in [0.2, 0.25) is 10.0 Å². The molecule has 2 N–H and O–H groups in total. The standard InChI is InChI=1S/C19H28N2O5S/c1-4-5-7-12-15(21-27(24,25)14-10-8-6-9-11-14)16(22)17-19(2,3)13-26-18(23)20-17/h6,8-11,15,17,21H,4-5,7,12-13H2,1-3H3,(H,20,23)/t15-,17+/m0/s1. The Morgan fingerprint density at radius 2 is 1.96 bits per heavy atom. The molecule has 2 atom stereocenters. The van der Waals surface area contributed by atoms with Crippen molar-refractivity contribution in [3.63, 3.8) is 0 Å². The van der Waals surface area contributed by atoms with Crippen molar-refractivity contribution in [3.05, 3.63) is 30.3 Å². The van der Waals surface area contributed by atoms with Gasteiger partial charge in [-0.05, 0) is 18.6 Å². The largest absolute Gasteiger partial charge is 0.449 e. The second-order valence-corrected chi connectivity index (χ2v) is 9.24. The van der Waals surface area contributed by atoms with Crippen molar-refractivity contribution in [2.24, 2.45) is 5.41 Å². The number of hydrogen-bond acceptors (Lipinski definition) is 5. The average molecular weight is 397 g/mol. The monoisotopic (exact) mass is 396 g/mol. The van der Waals surface area contributed by atoms with Gasteiger partial charge in [-0.25, -0.2) is 17.9 Å². The summed E-state index contributed by atoms with van der Waals surface area (Å²) in [5.74, 6) is -0.341. The predicted octanol–water partition coefficient (Wildman–Crippen LogP) is 2.62. The lowest BCUT2D eigenvalue weighted by atomic mass is 9.79. The lowest BCUT2D eigenvalue weighted by Crippen LogP contribution is -2.61. The third-order valence-corrected chi connectivity index (χ3v) is 6.18. The summed E-state index contributed by atoms with van der Waals surface area (Å²) >= 11 is 0. The van der Waals surface area contributed by atoms with Gasteiger partial charge in [-0.3, -0.25) is 4.79 Å². The zero-order valence-corrected chi connectivity index (χ0v) is 16.8. The van der Waals surface area contributed by atoms with E-state index in [1.165, 1.54) is 12.1 Å². The highest BCUT2D eigenvalue weighted by molar-refractivity contribution is 7.89. The van der Waals surface area contributed by atoms with Crippen LogP contribution in [0.4, 0.5) is 4.79 Å². The first-order chi connectivity index (χ1) is 12.7. The summed E-state index contributed by atoms with van der Waals surface area (Å²) < 4.78 is 33.0. The van der Waals surface area contributed by atoms with Crippen LogP contribution in [0.5, 0.6) is 0 Å². The molecule has 150 valence electrons. The quantitative estimate of drug-likeness (QED) is 0.625. The minimum atomic E-state index is -3.85. The summed E-state index contributed by atoms with van der Waals surface area (Å²) in [6.07, 6.45) is 2.27. The van der Waals surface area contributed by atoms with Crippen molar-refractivity contribution in [3.8, 4) is 0 Å². The summed E-state index contributed by atoms with van der Waals surface area (Å²) in [5.41, 5.74) is -0.633. The second-order valence-electron chi connectivity index (χ2n) is 7.53. The van der Waals surface area contributed by atoms with E-state index >= 15 is 0 Å². The molecule has 1 saturated heterocycles. The Morgan fingerprint density at radius 1 is 1.30 bits per heavy atom. The number of unbranched alkanes of at least 4 members (excludes halogenated alkanes) is 2. The number of alkyl carbamates (subject to hydrolysis) is 1. The van der Waals surface area contributed by atoms with Crippen LogP contribution in [-0.2, 0) is 19.6 Å². The second kappa shape index (κ2) is 8.84. The van der Waals surface area contributed by atoms with Gasteiger partial charge in [0, 0.05) is 5.41 Å². The van der Waals surface area contributed by atoms with Crippen LogP contribution >= 0.6 is 0 Å². The van der Waals surface area contributed by atoms with Crippen molar-refractivity contribution in [2.45, 2.75) is 63.4 Å². The van der Waals surface area contributed by atoms with E-state index in [4.69, 9.17) is 4.74 Å². The molecule has 0 unspecified atom stereocenters. The molecule has 1 fully saturated rings. The van der Waals surface area contributed by atoms with E-state index in [-0.39, 0.29) is 17.3 Å². The number of Topliss-reactive ketones (excluding diaryl/α,β-unsaturated/α-hetero) is 1. The van der Waals surface area contributed by atoms with Gasteiger partial charge in [0.25, 0.3) is 0 Å². The zero-order valence-electron chi connectivity index (χ0n) is 16.0. The summed E-state index contributed by atoms with van der Waals surface area (Å²) in [7, 11) is -3.85. The molecule has 0 aliphatic carbocycles. The van der Waals surface area contributed by atoms with Crippen molar-refractivity contribution < 1.29 is 22.7 Å². The number of nitrogens with one attached hydrogen (secondary N) is 2. The van der Waals surface area contributed by atoms with E-state index in [1.54, 1.807) is 18.2 Å². The Labute approximate surface area is 160 Å². The highest BCUT2D eigenvalue weighted by Gasteiger charge is 2.44. The van der Waals surface area contributed by atoms with Crippen molar-refractivity contribution in [1.82, 2.24) is 10.0 Å². The number of rotatable bonds is 9. The first-order valence-corrected chi connectivity index (χ1v) is 10.7. The summed E-state index contributed by atoms with van der Waals surface area (Å²) in [6.45, 7) is 5.75. The SMILES string of the molecule is CCCCC[C@H](NS(=O)(=O)c1ccccc1)C(=O)[C@H]1NC(=O)OCC1(C)C. The van der Waals surface area contributed by atoms with Crippen LogP contribution in [0.1, 0.15) is 46.5 Å². The number of ether oxygens (including phenoxy) is 1. The molecule has 8 heteroatoms. The first-order valence-electron chi connectivity index (χ1n) is 9.22. The van der Waals surface area contributed by atoms with E-state index in [0.717, 1.165) is 12.8 Å². The molecule has 0 spiro atoms. The molecule has 7 nitrogen and oxygen atoms in total. The maximum Gasteiger partial charge on any atom is 0.407 e. The summed E-state index contributed by atoms with van der Waals surface area (Å²) in [5, 5.41) is 2.56. The number of carbonyl (C=O) groups is 2. The van der Waals surface area contributed by atoms with E-state index in [9.17, 15) is 18.0 Å². The Bertz CT molecular complexity index is 762. The van der Waals surface area contributed by atoms with Crippen LogP contribution in [0.3, 0.4) is 0 Å². The van der Waals surface area contributed by atoms with Crippen molar-refractivity contribution in [2.75, 3.05) is 6.61 Å². The fraction of sp³-hybridized carbons (Fsp3) is 0.579. The Morgan fingerprint density at radius 3 is 2.59 bits per heavy atom. The Balaban J connectivity index is 2.25. The number of sulfonamides is 1. The van der Waals surface area contributed by atoms with Crippen LogP contribution in [-0.4, -0.2) is 39.0 Å². The normalized spacial score (nSPS) is 20.4. The zero-order chi connectivity index (χ0) is 20.1. The van der Waals surface area contributed by atoms with Crippen molar-refractivity contribution in [1.29, 1.82) is 0 Å². The molecule has 0 bridgehead atoms. The van der Waals surface area contributed by atoms with Gasteiger partial charge in [-0.1, -0.05) is 58.2 Å². The third kappa shape index (κ3) is 5.52. The number of ketones is 1. The van der Waals surface area contributed by atoms with E-state index in [2.05, 4.69) is 10.0 Å². The van der Waals surface area contributed by atoms with Crippen LogP contribution < -0.4 is 10.0 Å². The van der Waals surface area contributed by atoms with Crippen LogP contribution in [0, 0.1) is 5.41 Å². The molecule has 1 aromatic carbocycles. The van der Waals surface area contributed by atoms with E-state index < -0.39 is 33.6 Å². The Hall–Kier alpha value is -1.93. The van der Waals surface area contributed by atoms with Crippen LogP contribution in [0.15, 0.2) is 35.2 Å². The predicted molar refractivity (Wildman–Crippen MR) is 102 cm³/mol. The number of amides is 1. The molecule has 1 aliphatic heterocycles. The smallest absolute Gasteiger partial charge is 0.407 e. The summed E-state index contributed by atoms with van der Waals surface area (Å²) in [6, 6.07) is 6.22. The van der Waals surface area contributed by atoms with E-state index in [0.29, 0.717) is 12.8 Å². The summed E-state index contributed by atoms with van der Waals surface area (Å²) in [4.78, 5) is 24.9. The molecule has 1 aromatic rings. The highest BCUT2D eigenvalue weighted by Crippen LogP contribution is 2.27. The van der Waals surface area contributed by atoms with Crippen LogP contribution in [0.2, 0.25) is 0 Å². The maximum atomic E-state index is 13.2. The fourth-order valence-electron chi connectivity index (χ4n) is 3.06. The van der Waals surface area contributed by atoms with Gasteiger partial charge in [-0.15, -0.1) is 0 Å². The molecule has 2 rings (SSSR count). The average Bonchev–Trinajstić information content (AvgIpc) is 2.63. The molecule has 0 radical (unpaired) electrons. The molecule has 0 aromatic heterocycles. The lowest BCUT2D eigenvalue weighted by molar-refractivity contribution is -0.127. The van der Waals surface area contributed by atoms with Gasteiger partial charge in [0.1, 0.15) is 12.6 Å². The topological polar surface area (TPSA) is 102 Å². The third-order valence-electron chi connectivity index (χ3n) is 4.69. The van der Waals surface area contributed by atoms with Gasteiger partial charge in [0.15, 0.2) is 5.78 Å². The molecule has 0 saturated carbocycles. The number of cyclic esters (lactones) is 1. The van der Waals surface area contributed by atoms with E-state index in [1.807, 2.05) is 20.8 Å². The molecule has 1 aliphatic rings. The Kier molecular flexibility index (Phi) is 7.00. The van der Waals surface area contributed by atoms with Gasteiger partial charge in [0.05, 0.1) is 10.9 Å². The highest BCUT2D eigenvalue weighted by atomic mass is 32.2. The minimum absolute atomic E-state index is 0.0996. The number of hydrogen-bond donors (Lipinski definition) is 2. The molecular weight excluding hydrogens is 368 g/mol.